The molecule has 0 heterocycles. The van der Waals surface area contributed by atoms with Crippen molar-refractivity contribution in [3.05, 3.63) is 71.8 Å². The van der Waals surface area contributed by atoms with E-state index >= 15 is 0 Å². The van der Waals surface area contributed by atoms with Crippen molar-refractivity contribution in [1.29, 1.82) is 0 Å². The molecule has 154 valence electrons. The van der Waals surface area contributed by atoms with E-state index in [-0.39, 0.29) is 24.8 Å². The molecular weight excluding hydrogens is 368 g/mol. The zero-order chi connectivity index (χ0) is 21.3. The van der Waals surface area contributed by atoms with E-state index in [9.17, 15) is 19.5 Å². The molecular formula is C23H28N2O4. The summed E-state index contributed by atoms with van der Waals surface area (Å²) in [5.41, 5.74) is 0.206. The van der Waals surface area contributed by atoms with Crippen molar-refractivity contribution in [2.45, 2.75) is 44.6 Å². The first-order chi connectivity index (χ1) is 13.9. The highest BCUT2D eigenvalue weighted by atomic mass is 16.4. The first-order valence-electron chi connectivity index (χ1n) is 9.76. The van der Waals surface area contributed by atoms with Crippen LogP contribution in [0, 0.1) is 0 Å². The van der Waals surface area contributed by atoms with Gasteiger partial charge in [0.1, 0.15) is 11.5 Å². The van der Waals surface area contributed by atoms with Crippen LogP contribution in [0.2, 0.25) is 0 Å². The fraction of sp³-hybridized carbons (Fsp3) is 0.348. The van der Waals surface area contributed by atoms with Crippen molar-refractivity contribution in [3.63, 3.8) is 0 Å². The number of rotatable bonds is 10. The SMILES string of the molecule is CCCC(NC(=O)Cc1ccccc1)C(=O)NCC(C)(C(=O)O)c1ccccc1. The number of benzene rings is 2. The third kappa shape index (κ3) is 6.17. The maximum absolute atomic E-state index is 12.7. The van der Waals surface area contributed by atoms with Crippen LogP contribution in [0.4, 0.5) is 0 Å². The zero-order valence-electron chi connectivity index (χ0n) is 16.9. The number of hydrogen-bond acceptors (Lipinski definition) is 3. The van der Waals surface area contributed by atoms with Crippen LogP contribution in [0.15, 0.2) is 60.7 Å². The van der Waals surface area contributed by atoms with Crippen molar-refractivity contribution < 1.29 is 19.5 Å². The molecule has 0 spiro atoms. The lowest BCUT2D eigenvalue weighted by atomic mass is 9.82. The van der Waals surface area contributed by atoms with E-state index in [4.69, 9.17) is 0 Å². The molecule has 0 aliphatic rings. The number of nitrogens with one attached hydrogen (secondary N) is 2. The molecule has 6 heteroatoms. The molecule has 2 aromatic carbocycles. The largest absolute Gasteiger partial charge is 0.481 e. The molecule has 2 unspecified atom stereocenters. The summed E-state index contributed by atoms with van der Waals surface area (Å²) in [6, 6.07) is 17.4. The molecule has 0 aliphatic carbocycles. The highest BCUT2D eigenvalue weighted by Gasteiger charge is 2.36. The van der Waals surface area contributed by atoms with Crippen LogP contribution in [0.5, 0.6) is 0 Å². The lowest BCUT2D eigenvalue weighted by Gasteiger charge is -2.27. The van der Waals surface area contributed by atoms with Crippen molar-refractivity contribution in [1.82, 2.24) is 10.6 Å². The van der Waals surface area contributed by atoms with Gasteiger partial charge in [-0.2, -0.15) is 0 Å². The van der Waals surface area contributed by atoms with Gasteiger partial charge in [0.25, 0.3) is 0 Å². The molecule has 2 amide bonds. The fourth-order valence-electron chi connectivity index (χ4n) is 3.08. The summed E-state index contributed by atoms with van der Waals surface area (Å²) in [6.07, 6.45) is 1.37. The van der Waals surface area contributed by atoms with Crippen LogP contribution in [0.1, 0.15) is 37.8 Å². The molecule has 0 fully saturated rings. The molecule has 2 atom stereocenters. The predicted octanol–water partition coefficient (Wildman–Crippen LogP) is 2.67. The molecule has 0 radical (unpaired) electrons. The minimum absolute atomic E-state index is 0.0695. The van der Waals surface area contributed by atoms with Gasteiger partial charge in [0, 0.05) is 6.54 Å². The summed E-state index contributed by atoms with van der Waals surface area (Å²) in [5, 5.41) is 15.2. The van der Waals surface area contributed by atoms with Gasteiger partial charge in [0.05, 0.1) is 6.42 Å². The predicted molar refractivity (Wildman–Crippen MR) is 111 cm³/mol. The van der Waals surface area contributed by atoms with Crippen LogP contribution in [-0.4, -0.2) is 35.5 Å². The average Bonchev–Trinajstić information content (AvgIpc) is 2.72. The van der Waals surface area contributed by atoms with E-state index in [1.165, 1.54) is 0 Å². The molecule has 0 saturated carbocycles. The van der Waals surface area contributed by atoms with E-state index in [1.807, 2.05) is 43.3 Å². The van der Waals surface area contributed by atoms with Gasteiger partial charge in [0.2, 0.25) is 11.8 Å². The van der Waals surface area contributed by atoms with Crippen molar-refractivity contribution >= 4 is 17.8 Å². The second-order valence-electron chi connectivity index (χ2n) is 7.29. The molecule has 6 nitrogen and oxygen atoms in total. The van der Waals surface area contributed by atoms with Crippen LogP contribution in [0.25, 0.3) is 0 Å². The van der Waals surface area contributed by atoms with Gasteiger partial charge in [0.15, 0.2) is 0 Å². The molecule has 2 rings (SSSR count). The normalized spacial score (nSPS) is 13.7. The summed E-state index contributed by atoms with van der Waals surface area (Å²) >= 11 is 0. The Hall–Kier alpha value is -3.15. The molecule has 0 aliphatic heterocycles. The first kappa shape index (κ1) is 22.1. The molecule has 0 aromatic heterocycles. The summed E-state index contributed by atoms with van der Waals surface area (Å²) in [4.78, 5) is 36.9. The van der Waals surface area contributed by atoms with Crippen LogP contribution in [-0.2, 0) is 26.2 Å². The second-order valence-corrected chi connectivity index (χ2v) is 7.29. The smallest absolute Gasteiger partial charge is 0.315 e. The molecule has 0 saturated heterocycles. The number of carbonyl (C=O) groups excluding carboxylic acids is 2. The van der Waals surface area contributed by atoms with Crippen molar-refractivity contribution in [2.75, 3.05) is 6.54 Å². The van der Waals surface area contributed by atoms with Gasteiger partial charge in [-0.25, -0.2) is 0 Å². The lowest BCUT2D eigenvalue weighted by Crippen LogP contribution is -2.51. The first-order valence-corrected chi connectivity index (χ1v) is 9.76. The monoisotopic (exact) mass is 396 g/mol. The highest BCUT2D eigenvalue weighted by molar-refractivity contribution is 5.89. The third-order valence-corrected chi connectivity index (χ3v) is 4.94. The topological polar surface area (TPSA) is 95.5 Å². The van der Waals surface area contributed by atoms with Gasteiger partial charge in [-0.05, 0) is 24.5 Å². The van der Waals surface area contributed by atoms with E-state index in [2.05, 4.69) is 10.6 Å². The zero-order valence-corrected chi connectivity index (χ0v) is 16.9. The minimum atomic E-state index is -1.26. The van der Waals surface area contributed by atoms with Gasteiger partial charge in [-0.15, -0.1) is 0 Å². The number of carboxylic acids is 1. The number of hydrogen-bond donors (Lipinski definition) is 3. The lowest BCUT2D eigenvalue weighted by molar-refractivity contribution is -0.143. The molecule has 29 heavy (non-hydrogen) atoms. The molecule has 0 bridgehead atoms. The number of carboxylic acid groups (broad SMARTS) is 1. The minimum Gasteiger partial charge on any atom is -0.481 e. The Kier molecular flexibility index (Phi) is 7.95. The Morgan fingerprint density at radius 3 is 2.14 bits per heavy atom. The van der Waals surface area contributed by atoms with Gasteiger partial charge >= 0.3 is 5.97 Å². The van der Waals surface area contributed by atoms with Gasteiger partial charge in [-0.1, -0.05) is 74.0 Å². The molecule has 3 N–H and O–H groups in total. The Labute approximate surface area is 171 Å². The highest BCUT2D eigenvalue weighted by Crippen LogP contribution is 2.23. The van der Waals surface area contributed by atoms with Crippen LogP contribution >= 0.6 is 0 Å². The van der Waals surface area contributed by atoms with Gasteiger partial charge in [-0.3, -0.25) is 14.4 Å². The van der Waals surface area contributed by atoms with Crippen molar-refractivity contribution in [2.24, 2.45) is 0 Å². The van der Waals surface area contributed by atoms with E-state index < -0.39 is 17.4 Å². The van der Waals surface area contributed by atoms with E-state index in [1.54, 1.807) is 31.2 Å². The number of carbonyl (C=O) groups is 3. The second kappa shape index (κ2) is 10.4. The number of amides is 2. The third-order valence-electron chi connectivity index (χ3n) is 4.94. The number of aliphatic carboxylic acids is 1. The van der Waals surface area contributed by atoms with E-state index in [0.717, 1.165) is 5.56 Å². The summed E-state index contributed by atoms with van der Waals surface area (Å²) in [7, 11) is 0. The van der Waals surface area contributed by atoms with E-state index in [0.29, 0.717) is 18.4 Å². The van der Waals surface area contributed by atoms with Gasteiger partial charge < -0.3 is 15.7 Å². The Balaban J connectivity index is 2.02. The van der Waals surface area contributed by atoms with Crippen molar-refractivity contribution in [3.8, 4) is 0 Å². The quantitative estimate of drug-likeness (QED) is 0.575. The standard InChI is InChI=1S/C23H28N2O4/c1-3-10-19(25-20(26)15-17-11-6-4-7-12-17)21(27)24-16-23(2,22(28)29)18-13-8-5-9-14-18/h4-9,11-14,19H,3,10,15-16H2,1-2H3,(H,24,27)(H,25,26)(H,28,29). The average molecular weight is 396 g/mol. The maximum atomic E-state index is 12.7. The van der Waals surface area contributed by atoms with Crippen LogP contribution in [0.3, 0.4) is 0 Å². The summed E-state index contributed by atoms with van der Waals surface area (Å²) in [5.74, 6) is -1.64. The Bertz CT molecular complexity index is 823. The Morgan fingerprint density at radius 2 is 1.59 bits per heavy atom. The maximum Gasteiger partial charge on any atom is 0.315 e. The molecule has 2 aromatic rings. The summed E-state index contributed by atoms with van der Waals surface area (Å²) < 4.78 is 0. The Morgan fingerprint density at radius 1 is 1.00 bits per heavy atom. The fourth-order valence-corrected chi connectivity index (χ4v) is 3.08. The summed E-state index contributed by atoms with van der Waals surface area (Å²) in [6.45, 7) is 3.43. The van der Waals surface area contributed by atoms with Crippen LogP contribution < -0.4 is 10.6 Å².